The van der Waals surface area contributed by atoms with Crippen molar-refractivity contribution in [2.75, 3.05) is 10.6 Å². The van der Waals surface area contributed by atoms with Crippen LogP contribution in [-0.2, 0) is 6.18 Å². The van der Waals surface area contributed by atoms with Gasteiger partial charge in [0, 0.05) is 11.7 Å². The van der Waals surface area contributed by atoms with Crippen molar-refractivity contribution in [1.29, 1.82) is 0 Å². The van der Waals surface area contributed by atoms with Crippen LogP contribution in [0.15, 0.2) is 66.7 Å². The van der Waals surface area contributed by atoms with Crippen LogP contribution in [0.3, 0.4) is 0 Å². The molecular weight excluding hydrogens is 369 g/mol. The molecule has 0 aliphatic rings. The van der Waals surface area contributed by atoms with Gasteiger partial charge in [0.1, 0.15) is 5.82 Å². The van der Waals surface area contributed by atoms with Gasteiger partial charge in [-0.1, -0.05) is 36.4 Å². The van der Waals surface area contributed by atoms with E-state index in [9.17, 15) is 18.0 Å². The molecule has 3 rings (SSSR count). The summed E-state index contributed by atoms with van der Waals surface area (Å²) in [7, 11) is 0. The third kappa shape index (κ3) is 4.85. The summed E-state index contributed by atoms with van der Waals surface area (Å²) in [6.45, 7) is 1.96. The van der Waals surface area contributed by atoms with Crippen molar-refractivity contribution >= 4 is 17.4 Å². The van der Waals surface area contributed by atoms with Gasteiger partial charge in [0.25, 0.3) is 5.91 Å². The Morgan fingerprint density at radius 3 is 2.36 bits per heavy atom. The fourth-order valence-corrected chi connectivity index (χ4v) is 2.55. The Balaban J connectivity index is 1.66. The normalized spacial score (nSPS) is 12.3. The van der Waals surface area contributed by atoms with Gasteiger partial charge in [-0.15, -0.1) is 10.2 Å². The lowest BCUT2D eigenvalue weighted by Crippen LogP contribution is -2.16. The summed E-state index contributed by atoms with van der Waals surface area (Å²) in [6, 6.07) is 17.2. The van der Waals surface area contributed by atoms with Gasteiger partial charge < -0.3 is 10.6 Å². The number of aromatic nitrogens is 2. The Hall–Kier alpha value is -3.42. The molecule has 0 radical (unpaired) electrons. The zero-order valence-corrected chi connectivity index (χ0v) is 14.9. The highest BCUT2D eigenvalue weighted by molar-refractivity contribution is 6.02. The highest BCUT2D eigenvalue weighted by Crippen LogP contribution is 2.30. The van der Waals surface area contributed by atoms with E-state index in [0.29, 0.717) is 5.82 Å². The van der Waals surface area contributed by atoms with E-state index in [1.807, 2.05) is 37.3 Å². The van der Waals surface area contributed by atoms with E-state index < -0.39 is 17.6 Å². The first-order valence-electron chi connectivity index (χ1n) is 8.47. The van der Waals surface area contributed by atoms with Crippen molar-refractivity contribution in [3.05, 3.63) is 83.6 Å². The second-order valence-corrected chi connectivity index (χ2v) is 6.11. The van der Waals surface area contributed by atoms with Gasteiger partial charge in [0.05, 0.1) is 5.56 Å². The number of hydrogen-bond acceptors (Lipinski definition) is 4. The van der Waals surface area contributed by atoms with E-state index in [0.717, 1.165) is 17.7 Å². The molecule has 5 nitrogen and oxygen atoms in total. The smallest absolute Gasteiger partial charge is 0.362 e. The number of halogens is 3. The van der Waals surface area contributed by atoms with Crippen LogP contribution in [-0.4, -0.2) is 16.1 Å². The molecule has 0 saturated heterocycles. The summed E-state index contributed by atoms with van der Waals surface area (Å²) in [4.78, 5) is 12.2. The van der Waals surface area contributed by atoms with Crippen LogP contribution in [0.4, 0.5) is 24.7 Å². The van der Waals surface area contributed by atoms with Crippen molar-refractivity contribution in [3.63, 3.8) is 0 Å². The number of alkyl halides is 3. The lowest BCUT2D eigenvalue weighted by Gasteiger charge is -2.14. The molecule has 0 saturated carbocycles. The summed E-state index contributed by atoms with van der Waals surface area (Å²) in [5.74, 6) is -0.165. The van der Waals surface area contributed by atoms with Crippen LogP contribution in [0, 0.1) is 0 Å². The minimum Gasteiger partial charge on any atom is -0.362 e. The van der Waals surface area contributed by atoms with Crippen molar-refractivity contribution < 1.29 is 18.0 Å². The molecule has 0 aliphatic carbocycles. The lowest BCUT2D eigenvalue weighted by atomic mass is 10.1. The standard InChI is InChI=1S/C20H17F3N4O/c1-13(14-6-3-2-4-7-14)24-18-11-10-17(26-27-18)19(28)25-16-9-5-8-15(12-16)20(21,22)23/h2-13H,1H3,(H,24,27)(H,25,28). The number of amides is 1. The zero-order chi connectivity index (χ0) is 20.1. The Labute approximate surface area is 159 Å². The number of hydrogen-bond donors (Lipinski definition) is 2. The fraction of sp³-hybridized carbons (Fsp3) is 0.150. The molecular formula is C20H17F3N4O. The number of nitrogens with zero attached hydrogens (tertiary/aromatic N) is 2. The molecule has 0 aliphatic heterocycles. The highest BCUT2D eigenvalue weighted by Gasteiger charge is 2.30. The summed E-state index contributed by atoms with van der Waals surface area (Å²) in [6.07, 6.45) is -4.48. The molecule has 0 bridgehead atoms. The molecule has 2 N–H and O–H groups in total. The molecule has 8 heteroatoms. The first kappa shape index (κ1) is 19.3. The van der Waals surface area contributed by atoms with E-state index in [1.54, 1.807) is 6.07 Å². The Bertz CT molecular complexity index is 944. The molecule has 1 heterocycles. The van der Waals surface area contributed by atoms with Crippen LogP contribution in [0.25, 0.3) is 0 Å². The number of benzene rings is 2. The average molecular weight is 386 g/mol. The molecule has 0 fully saturated rings. The van der Waals surface area contributed by atoms with Gasteiger partial charge in [-0.05, 0) is 42.8 Å². The lowest BCUT2D eigenvalue weighted by molar-refractivity contribution is -0.137. The Kier molecular flexibility index (Phi) is 5.58. The van der Waals surface area contributed by atoms with Crippen LogP contribution >= 0.6 is 0 Å². The maximum absolute atomic E-state index is 12.8. The van der Waals surface area contributed by atoms with E-state index >= 15 is 0 Å². The van der Waals surface area contributed by atoms with Crippen molar-refractivity contribution in [1.82, 2.24) is 10.2 Å². The number of nitrogens with one attached hydrogen (secondary N) is 2. The second kappa shape index (κ2) is 8.08. The first-order valence-corrected chi connectivity index (χ1v) is 8.47. The number of anilines is 2. The number of carbonyl (C=O) groups is 1. The predicted octanol–water partition coefficient (Wildman–Crippen LogP) is 4.92. The summed E-state index contributed by atoms with van der Waals surface area (Å²) in [5.41, 5.74) is 0.248. The summed E-state index contributed by atoms with van der Waals surface area (Å²) >= 11 is 0. The van der Waals surface area contributed by atoms with Crippen molar-refractivity contribution in [3.8, 4) is 0 Å². The maximum Gasteiger partial charge on any atom is 0.416 e. The molecule has 1 amide bonds. The highest BCUT2D eigenvalue weighted by atomic mass is 19.4. The minimum atomic E-state index is -4.48. The molecule has 0 spiro atoms. The molecule has 2 aromatic carbocycles. The molecule has 1 unspecified atom stereocenters. The first-order chi connectivity index (χ1) is 13.3. The SMILES string of the molecule is CC(Nc1ccc(C(=O)Nc2cccc(C(F)(F)F)c2)nn1)c1ccccc1. The zero-order valence-electron chi connectivity index (χ0n) is 14.9. The Morgan fingerprint density at radius 1 is 0.964 bits per heavy atom. The Morgan fingerprint density at radius 2 is 1.71 bits per heavy atom. The third-order valence-electron chi connectivity index (χ3n) is 4.01. The maximum atomic E-state index is 12.8. The van der Waals surface area contributed by atoms with Crippen LogP contribution < -0.4 is 10.6 Å². The molecule has 144 valence electrons. The van der Waals surface area contributed by atoms with Gasteiger partial charge in [0.15, 0.2) is 5.69 Å². The monoisotopic (exact) mass is 386 g/mol. The van der Waals surface area contributed by atoms with E-state index in [2.05, 4.69) is 20.8 Å². The minimum absolute atomic E-state index is 0.00433. The fourth-order valence-electron chi connectivity index (χ4n) is 2.55. The predicted molar refractivity (Wildman–Crippen MR) is 99.9 cm³/mol. The second-order valence-electron chi connectivity index (χ2n) is 6.11. The number of rotatable bonds is 5. The third-order valence-corrected chi connectivity index (χ3v) is 4.01. The van der Waals surface area contributed by atoms with Gasteiger partial charge in [-0.2, -0.15) is 13.2 Å². The van der Waals surface area contributed by atoms with Crippen molar-refractivity contribution in [2.24, 2.45) is 0 Å². The topological polar surface area (TPSA) is 66.9 Å². The molecule has 1 aromatic heterocycles. The summed E-state index contributed by atoms with van der Waals surface area (Å²) in [5, 5.41) is 13.4. The van der Waals surface area contributed by atoms with E-state index in [-0.39, 0.29) is 17.4 Å². The van der Waals surface area contributed by atoms with E-state index in [4.69, 9.17) is 0 Å². The molecule has 1 atom stereocenters. The van der Waals surface area contributed by atoms with Gasteiger partial charge in [0.2, 0.25) is 0 Å². The van der Waals surface area contributed by atoms with E-state index in [1.165, 1.54) is 18.2 Å². The van der Waals surface area contributed by atoms with Gasteiger partial charge in [-0.25, -0.2) is 0 Å². The molecule has 3 aromatic rings. The van der Waals surface area contributed by atoms with Crippen LogP contribution in [0.5, 0.6) is 0 Å². The van der Waals surface area contributed by atoms with Gasteiger partial charge >= 0.3 is 6.18 Å². The largest absolute Gasteiger partial charge is 0.416 e. The number of carbonyl (C=O) groups excluding carboxylic acids is 1. The van der Waals surface area contributed by atoms with Gasteiger partial charge in [-0.3, -0.25) is 4.79 Å². The molecule has 28 heavy (non-hydrogen) atoms. The summed E-state index contributed by atoms with van der Waals surface area (Å²) < 4.78 is 38.3. The average Bonchev–Trinajstić information content (AvgIpc) is 2.69. The quantitative estimate of drug-likeness (QED) is 0.653. The van der Waals surface area contributed by atoms with Crippen LogP contribution in [0.2, 0.25) is 0 Å². The van der Waals surface area contributed by atoms with Crippen molar-refractivity contribution in [2.45, 2.75) is 19.1 Å². The van der Waals surface area contributed by atoms with Crippen LogP contribution in [0.1, 0.15) is 34.6 Å².